The Labute approximate surface area is 167 Å². The molecule has 0 unspecified atom stereocenters. The van der Waals surface area contributed by atoms with Crippen molar-refractivity contribution >= 4 is 11.8 Å². The van der Waals surface area contributed by atoms with Gasteiger partial charge in [-0.25, -0.2) is 0 Å². The monoisotopic (exact) mass is 392 g/mol. The quantitative estimate of drug-likeness (QED) is 0.660. The van der Waals surface area contributed by atoms with Crippen LogP contribution in [-0.4, -0.2) is 63.3 Å². The molecule has 0 aliphatic carbocycles. The molecule has 0 aromatic heterocycles. The lowest BCUT2D eigenvalue weighted by molar-refractivity contribution is -0.133. The minimum atomic E-state index is 0.0389. The topological polar surface area (TPSA) is 77.1 Å². The first-order valence-electron chi connectivity index (χ1n) is 9.93. The minimum absolute atomic E-state index is 0.0389. The van der Waals surface area contributed by atoms with E-state index in [1.165, 1.54) is 0 Å². The molecule has 1 heterocycles. The summed E-state index contributed by atoms with van der Waals surface area (Å²) in [6, 6.07) is 5.90. The Bertz CT molecular complexity index is 642. The lowest BCUT2D eigenvalue weighted by atomic mass is 10.0. The van der Waals surface area contributed by atoms with Crippen LogP contribution in [0.1, 0.15) is 38.2 Å². The van der Waals surface area contributed by atoms with Gasteiger partial charge in [-0.3, -0.25) is 9.59 Å². The van der Waals surface area contributed by atoms with Crippen molar-refractivity contribution in [2.75, 3.05) is 40.5 Å². The highest BCUT2D eigenvalue weighted by atomic mass is 16.5. The lowest BCUT2D eigenvalue weighted by Crippen LogP contribution is -2.46. The van der Waals surface area contributed by atoms with Crippen LogP contribution >= 0.6 is 0 Å². The maximum Gasteiger partial charge on any atom is 0.224 e. The van der Waals surface area contributed by atoms with Gasteiger partial charge in [-0.2, -0.15) is 0 Å². The molecule has 0 atom stereocenters. The summed E-state index contributed by atoms with van der Waals surface area (Å²) >= 11 is 0. The fourth-order valence-corrected chi connectivity index (χ4v) is 3.32. The standard InChI is InChI=1S/C21H32N2O5/c1-4-28-18-7-5-16(15-19(18)27-3)6-8-20(24)22-17-9-12-23(13-10-17)21(25)11-14-26-2/h5,7,15,17H,4,6,8-14H2,1-3H3,(H,22,24). The van der Waals surface area contributed by atoms with Crippen molar-refractivity contribution in [3.63, 3.8) is 0 Å². The van der Waals surface area contributed by atoms with Gasteiger partial charge in [0.2, 0.25) is 11.8 Å². The summed E-state index contributed by atoms with van der Waals surface area (Å²) in [4.78, 5) is 26.2. The SMILES string of the molecule is CCOc1ccc(CCC(=O)NC2CCN(C(=O)CCOC)CC2)cc1OC. The molecule has 1 saturated heterocycles. The number of carbonyl (C=O) groups excluding carboxylic acids is 2. The summed E-state index contributed by atoms with van der Waals surface area (Å²) in [5.74, 6) is 1.56. The minimum Gasteiger partial charge on any atom is -0.493 e. The first-order chi connectivity index (χ1) is 13.6. The molecule has 1 fully saturated rings. The number of methoxy groups -OCH3 is 2. The van der Waals surface area contributed by atoms with E-state index in [0.29, 0.717) is 57.1 Å². The van der Waals surface area contributed by atoms with Crippen LogP contribution in [0, 0.1) is 0 Å². The molecule has 0 bridgehead atoms. The molecule has 7 nitrogen and oxygen atoms in total. The van der Waals surface area contributed by atoms with Crippen molar-refractivity contribution in [2.24, 2.45) is 0 Å². The highest BCUT2D eigenvalue weighted by Crippen LogP contribution is 2.28. The first kappa shape index (κ1) is 22.0. The third kappa shape index (κ3) is 6.71. The average molecular weight is 392 g/mol. The Morgan fingerprint density at radius 2 is 1.89 bits per heavy atom. The molecule has 156 valence electrons. The van der Waals surface area contributed by atoms with Gasteiger partial charge in [-0.05, 0) is 43.9 Å². The summed E-state index contributed by atoms with van der Waals surface area (Å²) in [5, 5.41) is 3.09. The number of benzene rings is 1. The Hall–Kier alpha value is -2.28. The van der Waals surface area contributed by atoms with E-state index in [0.717, 1.165) is 18.4 Å². The molecule has 0 saturated carbocycles. The first-order valence-corrected chi connectivity index (χ1v) is 9.93. The van der Waals surface area contributed by atoms with Gasteiger partial charge in [0.25, 0.3) is 0 Å². The van der Waals surface area contributed by atoms with E-state index >= 15 is 0 Å². The number of nitrogens with one attached hydrogen (secondary N) is 1. The molecular formula is C21H32N2O5. The molecule has 7 heteroatoms. The molecule has 1 aliphatic heterocycles. The molecular weight excluding hydrogens is 360 g/mol. The smallest absolute Gasteiger partial charge is 0.224 e. The molecule has 28 heavy (non-hydrogen) atoms. The van der Waals surface area contributed by atoms with Crippen LogP contribution in [0.3, 0.4) is 0 Å². The van der Waals surface area contributed by atoms with Gasteiger partial charge < -0.3 is 24.4 Å². The van der Waals surface area contributed by atoms with Gasteiger partial charge in [-0.15, -0.1) is 0 Å². The highest BCUT2D eigenvalue weighted by molar-refractivity contribution is 5.77. The van der Waals surface area contributed by atoms with E-state index in [1.54, 1.807) is 14.2 Å². The number of likely N-dealkylation sites (tertiary alicyclic amines) is 1. The molecule has 1 N–H and O–H groups in total. The van der Waals surface area contributed by atoms with Gasteiger partial charge in [0.15, 0.2) is 11.5 Å². The predicted molar refractivity (Wildman–Crippen MR) is 107 cm³/mol. The van der Waals surface area contributed by atoms with E-state index in [-0.39, 0.29) is 17.9 Å². The highest BCUT2D eigenvalue weighted by Gasteiger charge is 2.23. The summed E-state index contributed by atoms with van der Waals surface area (Å²) in [6.07, 6.45) is 3.06. The van der Waals surface area contributed by atoms with E-state index in [4.69, 9.17) is 14.2 Å². The lowest BCUT2D eigenvalue weighted by Gasteiger charge is -2.32. The van der Waals surface area contributed by atoms with Crippen molar-refractivity contribution in [1.82, 2.24) is 10.2 Å². The van der Waals surface area contributed by atoms with Crippen LogP contribution in [0.25, 0.3) is 0 Å². The van der Waals surface area contributed by atoms with Gasteiger partial charge in [-0.1, -0.05) is 6.07 Å². The zero-order valence-corrected chi connectivity index (χ0v) is 17.2. The zero-order valence-electron chi connectivity index (χ0n) is 17.2. The van der Waals surface area contributed by atoms with Crippen molar-refractivity contribution in [3.05, 3.63) is 23.8 Å². The number of nitrogens with zero attached hydrogens (tertiary/aromatic N) is 1. The Balaban J connectivity index is 1.74. The molecule has 0 spiro atoms. The molecule has 1 aromatic carbocycles. The molecule has 1 aromatic rings. The normalized spacial score (nSPS) is 14.6. The number of piperidine rings is 1. The average Bonchev–Trinajstić information content (AvgIpc) is 2.72. The van der Waals surface area contributed by atoms with Crippen LogP contribution in [0.15, 0.2) is 18.2 Å². The van der Waals surface area contributed by atoms with Crippen LogP contribution in [-0.2, 0) is 20.7 Å². The Morgan fingerprint density at radius 3 is 2.54 bits per heavy atom. The fourth-order valence-electron chi connectivity index (χ4n) is 3.32. The Kier molecular flexibility index (Phi) is 9.07. The summed E-state index contributed by atoms with van der Waals surface area (Å²) in [7, 11) is 3.21. The van der Waals surface area contributed by atoms with Crippen LogP contribution in [0.2, 0.25) is 0 Å². The van der Waals surface area contributed by atoms with Crippen molar-refractivity contribution in [2.45, 2.75) is 45.1 Å². The second kappa shape index (κ2) is 11.5. The number of ether oxygens (including phenoxy) is 3. The summed E-state index contributed by atoms with van der Waals surface area (Å²) in [5.41, 5.74) is 1.04. The molecule has 1 aliphatic rings. The Morgan fingerprint density at radius 1 is 1.14 bits per heavy atom. The largest absolute Gasteiger partial charge is 0.493 e. The number of aryl methyl sites for hydroxylation is 1. The number of hydrogen-bond acceptors (Lipinski definition) is 5. The summed E-state index contributed by atoms with van der Waals surface area (Å²) < 4.78 is 15.8. The van der Waals surface area contributed by atoms with E-state index in [9.17, 15) is 9.59 Å². The fraction of sp³-hybridized carbons (Fsp3) is 0.619. The van der Waals surface area contributed by atoms with Gasteiger partial charge in [0.1, 0.15) is 0 Å². The maximum atomic E-state index is 12.3. The second-order valence-corrected chi connectivity index (χ2v) is 6.88. The van der Waals surface area contributed by atoms with E-state index in [1.807, 2.05) is 30.0 Å². The van der Waals surface area contributed by atoms with Gasteiger partial charge in [0.05, 0.1) is 26.7 Å². The number of rotatable bonds is 10. The number of hydrogen-bond donors (Lipinski definition) is 1. The third-order valence-electron chi connectivity index (χ3n) is 4.90. The van der Waals surface area contributed by atoms with Crippen molar-refractivity contribution in [3.8, 4) is 11.5 Å². The van der Waals surface area contributed by atoms with Crippen molar-refractivity contribution in [1.29, 1.82) is 0 Å². The zero-order chi connectivity index (χ0) is 20.4. The number of carbonyl (C=O) groups is 2. The van der Waals surface area contributed by atoms with Crippen LogP contribution in [0.4, 0.5) is 0 Å². The van der Waals surface area contributed by atoms with Gasteiger partial charge in [0, 0.05) is 32.7 Å². The second-order valence-electron chi connectivity index (χ2n) is 6.88. The molecule has 2 rings (SSSR count). The van der Waals surface area contributed by atoms with E-state index in [2.05, 4.69) is 5.32 Å². The van der Waals surface area contributed by atoms with Crippen molar-refractivity contribution < 1.29 is 23.8 Å². The number of amides is 2. The van der Waals surface area contributed by atoms with Crippen LogP contribution < -0.4 is 14.8 Å². The van der Waals surface area contributed by atoms with E-state index < -0.39 is 0 Å². The van der Waals surface area contributed by atoms with Crippen LogP contribution in [0.5, 0.6) is 11.5 Å². The molecule has 2 amide bonds. The predicted octanol–water partition coefficient (Wildman–Crippen LogP) is 2.17. The third-order valence-corrected chi connectivity index (χ3v) is 4.90. The molecule has 0 radical (unpaired) electrons. The maximum absolute atomic E-state index is 12.3. The van der Waals surface area contributed by atoms with Gasteiger partial charge >= 0.3 is 0 Å². The summed E-state index contributed by atoms with van der Waals surface area (Å²) in [6.45, 7) is 4.33.